The average molecular weight is 441 g/mol. The lowest BCUT2D eigenvalue weighted by Gasteiger charge is -2.35. The molecule has 1 fully saturated rings. The predicted octanol–water partition coefficient (Wildman–Crippen LogP) is 2.74. The van der Waals surface area contributed by atoms with E-state index in [1.54, 1.807) is 0 Å². The number of oxazole rings is 1. The molecule has 4 aromatic heterocycles. The van der Waals surface area contributed by atoms with Crippen molar-refractivity contribution >= 4 is 28.3 Å². The van der Waals surface area contributed by atoms with Gasteiger partial charge in [-0.15, -0.1) is 0 Å². The maximum Gasteiger partial charge on any atom is 0.417 e. The van der Waals surface area contributed by atoms with Crippen molar-refractivity contribution in [2.75, 3.05) is 36.8 Å². The molecule has 6 rings (SSSR count). The van der Waals surface area contributed by atoms with Crippen molar-refractivity contribution in [1.29, 1.82) is 0 Å². The van der Waals surface area contributed by atoms with Crippen LogP contribution in [0.5, 0.6) is 0 Å². The lowest BCUT2D eigenvalue weighted by Crippen LogP contribution is -2.46. The second-order valence-electron chi connectivity index (χ2n) is 8.27. The number of nitrogen functional groups attached to an aromatic ring is 1. The van der Waals surface area contributed by atoms with E-state index < -0.39 is 5.76 Å². The first-order valence-corrected chi connectivity index (χ1v) is 10.9. The van der Waals surface area contributed by atoms with Crippen LogP contribution in [0, 0.1) is 0 Å². The average Bonchev–Trinajstić information content (AvgIpc) is 3.39. The summed E-state index contributed by atoms with van der Waals surface area (Å²) in [5.74, 6) is 0.553. The summed E-state index contributed by atoms with van der Waals surface area (Å²) in [4.78, 5) is 28.4. The number of nitrogens with one attached hydrogen (secondary N) is 1. The van der Waals surface area contributed by atoms with Gasteiger partial charge in [-0.25, -0.2) is 14.8 Å². The van der Waals surface area contributed by atoms with Crippen LogP contribution in [0.1, 0.15) is 5.69 Å². The van der Waals surface area contributed by atoms with Gasteiger partial charge in [0.25, 0.3) is 0 Å². The molecule has 0 aliphatic carbocycles. The van der Waals surface area contributed by atoms with Gasteiger partial charge in [0.15, 0.2) is 5.58 Å². The van der Waals surface area contributed by atoms with Gasteiger partial charge in [-0.2, -0.15) is 0 Å². The van der Waals surface area contributed by atoms with Crippen molar-refractivity contribution < 1.29 is 4.42 Å². The number of hydrogen-bond acceptors (Lipinski definition) is 7. The van der Waals surface area contributed by atoms with Gasteiger partial charge < -0.3 is 19.5 Å². The van der Waals surface area contributed by atoms with Gasteiger partial charge in [-0.05, 0) is 36.4 Å². The maximum absolute atomic E-state index is 11.6. The third kappa shape index (κ3) is 3.62. The van der Waals surface area contributed by atoms with Crippen molar-refractivity contribution in [3.05, 3.63) is 77.2 Å². The van der Waals surface area contributed by atoms with Gasteiger partial charge in [0, 0.05) is 56.4 Å². The van der Waals surface area contributed by atoms with Gasteiger partial charge in [0.05, 0.1) is 16.9 Å². The second kappa shape index (κ2) is 7.79. The highest BCUT2D eigenvalue weighted by Gasteiger charge is 2.22. The molecule has 166 valence electrons. The minimum atomic E-state index is -0.462. The summed E-state index contributed by atoms with van der Waals surface area (Å²) in [6.45, 7) is 4.37. The summed E-state index contributed by atoms with van der Waals surface area (Å²) in [5.41, 5.74) is 11.6. The molecule has 0 unspecified atom stereocenters. The lowest BCUT2D eigenvalue weighted by molar-refractivity contribution is 0.246. The fourth-order valence-electron chi connectivity index (χ4n) is 4.47. The standard InChI is InChI=1S/C24H23N7O2/c25-17-5-7-22-28-23(16-4-6-18-20(13-16)33-24(32)27-18)19(31(22)14-17)15-29-9-11-30(12-10-29)21-3-1-2-8-26-21/h1-8,13-14H,9-12,15,25H2,(H,27,32). The largest absolute Gasteiger partial charge is 0.417 e. The molecule has 1 aliphatic heterocycles. The molecular formula is C24H23N7O2. The predicted molar refractivity (Wildman–Crippen MR) is 127 cm³/mol. The maximum atomic E-state index is 11.6. The Labute approximate surface area is 189 Å². The number of anilines is 2. The highest BCUT2D eigenvalue weighted by molar-refractivity contribution is 5.80. The molecule has 5 aromatic rings. The number of pyridine rings is 2. The van der Waals surface area contributed by atoms with Crippen LogP contribution >= 0.6 is 0 Å². The molecule has 1 aliphatic rings. The third-order valence-corrected chi connectivity index (χ3v) is 6.15. The molecule has 0 radical (unpaired) electrons. The van der Waals surface area contributed by atoms with Crippen LogP contribution < -0.4 is 16.4 Å². The smallest absolute Gasteiger partial charge is 0.408 e. The number of nitrogens with two attached hydrogens (primary N) is 1. The normalized spacial score (nSPS) is 15.0. The number of piperazine rings is 1. The SMILES string of the molecule is Nc1ccc2nc(-c3ccc4[nH]c(=O)oc4c3)c(CN3CCN(c4ccccn4)CC3)n2c1. The molecule has 0 bridgehead atoms. The van der Waals surface area contributed by atoms with E-state index in [2.05, 4.69) is 30.2 Å². The molecule has 0 saturated carbocycles. The molecule has 5 heterocycles. The molecule has 9 nitrogen and oxygen atoms in total. The van der Waals surface area contributed by atoms with E-state index in [1.165, 1.54) is 0 Å². The minimum Gasteiger partial charge on any atom is -0.408 e. The summed E-state index contributed by atoms with van der Waals surface area (Å²) in [7, 11) is 0. The van der Waals surface area contributed by atoms with Crippen LogP contribution in [0.3, 0.4) is 0 Å². The topological polar surface area (TPSA) is 109 Å². The van der Waals surface area contributed by atoms with Gasteiger partial charge in [-0.1, -0.05) is 12.1 Å². The molecule has 1 saturated heterocycles. The summed E-state index contributed by atoms with van der Waals surface area (Å²) >= 11 is 0. The Balaban J connectivity index is 1.34. The van der Waals surface area contributed by atoms with E-state index in [0.29, 0.717) is 16.8 Å². The number of rotatable bonds is 4. The van der Waals surface area contributed by atoms with Crippen LogP contribution in [-0.2, 0) is 6.54 Å². The number of imidazole rings is 1. The molecule has 0 amide bonds. The number of benzene rings is 1. The van der Waals surface area contributed by atoms with Gasteiger partial charge in [0.1, 0.15) is 11.5 Å². The van der Waals surface area contributed by atoms with Crippen molar-refractivity contribution in [3.8, 4) is 11.3 Å². The Morgan fingerprint density at radius 2 is 1.94 bits per heavy atom. The lowest BCUT2D eigenvalue weighted by atomic mass is 10.1. The first-order valence-electron chi connectivity index (χ1n) is 10.9. The summed E-state index contributed by atoms with van der Waals surface area (Å²) in [5, 5.41) is 0. The highest BCUT2D eigenvalue weighted by atomic mass is 16.4. The quantitative estimate of drug-likeness (QED) is 0.441. The molecule has 1 aromatic carbocycles. The molecular weight excluding hydrogens is 418 g/mol. The zero-order valence-corrected chi connectivity index (χ0v) is 17.9. The number of H-pyrrole nitrogens is 1. The number of fused-ring (bicyclic) bond motifs is 2. The molecule has 0 atom stereocenters. The van der Waals surface area contributed by atoms with Crippen LogP contribution in [0.25, 0.3) is 28.0 Å². The van der Waals surface area contributed by atoms with Gasteiger partial charge in [-0.3, -0.25) is 9.88 Å². The van der Waals surface area contributed by atoms with Crippen LogP contribution in [0.4, 0.5) is 11.5 Å². The molecule has 0 spiro atoms. The van der Waals surface area contributed by atoms with Crippen LogP contribution in [0.2, 0.25) is 0 Å². The van der Waals surface area contributed by atoms with Crippen molar-refractivity contribution in [2.45, 2.75) is 6.54 Å². The molecule has 3 N–H and O–H groups in total. The number of hydrogen-bond donors (Lipinski definition) is 2. The van der Waals surface area contributed by atoms with E-state index in [0.717, 1.165) is 61.1 Å². The van der Waals surface area contributed by atoms with Crippen molar-refractivity contribution in [3.63, 3.8) is 0 Å². The first kappa shape index (κ1) is 19.6. The summed E-state index contributed by atoms with van der Waals surface area (Å²) in [6, 6.07) is 15.5. The van der Waals surface area contributed by atoms with Gasteiger partial charge in [0.2, 0.25) is 0 Å². The Morgan fingerprint density at radius 3 is 2.76 bits per heavy atom. The first-order chi connectivity index (χ1) is 16.1. The zero-order chi connectivity index (χ0) is 22.4. The number of aromatic nitrogens is 4. The van der Waals surface area contributed by atoms with Gasteiger partial charge >= 0.3 is 5.76 Å². The van der Waals surface area contributed by atoms with Crippen LogP contribution in [0.15, 0.2) is 70.1 Å². The molecule has 33 heavy (non-hydrogen) atoms. The van der Waals surface area contributed by atoms with E-state index >= 15 is 0 Å². The van der Waals surface area contributed by atoms with Crippen molar-refractivity contribution in [2.24, 2.45) is 0 Å². The monoisotopic (exact) mass is 441 g/mol. The van der Waals surface area contributed by atoms with E-state index in [1.807, 2.05) is 54.9 Å². The Morgan fingerprint density at radius 1 is 1.06 bits per heavy atom. The molecule has 9 heteroatoms. The minimum absolute atomic E-state index is 0.462. The number of nitrogens with zero attached hydrogens (tertiary/aromatic N) is 5. The summed E-state index contributed by atoms with van der Waals surface area (Å²) in [6.07, 6.45) is 3.75. The fourth-order valence-corrected chi connectivity index (χ4v) is 4.47. The van der Waals surface area contributed by atoms with E-state index in [-0.39, 0.29) is 0 Å². The van der Waals surface area contributed by atoms with E-state index in [4.69, 9.17) is 15.1 Å². The third-order valence-electron chi connectivity index (χ3n) is 6.15. The number of aromatic amines is 1. The second-order valence-corrected chi connectivity index (χ2v) is 8.27. The zero-order valence-electron chi connectivity index (χ0n) is 17.9. The Bertz CT molecular complexity index is 1490. The van der Waals surface area contributed by atoms with Crippen LogP contribution in [-0.4, -0.2) is 50.4 Å². The van der Waals surface area contributed by atoms with E-state index in [9.17, 15) is 4.79 Å². The highest BCUT2D eigenvalue weighted by Crippen LogP contribution is 2.29. The fraction of sp³-hybridized carbons (Fsp3) is 0.208. The Kier molecular flexibility index (Phi) is 4.62. The van der Waals surface area contributed by atoms with Crippen molar-refractivity contribution in [1.82, 2.24) is 24.3 Å². The summed E-state index contributed by atoms with van der Waals surface area (Å²) < 4.78 is 7.34. The Hall–Kier alpha value is -4.11.